The molecule has 30 heavy (non-hydrogen) atoms. The Hall–Kier alpha value is -0.860. The first-order valence-electron chi connectivity index (χ1n) is 12.4. The van der Waals surface area contributed by atoms with Crippen molar-refractivity contribution >= 4 is 0 Å². The van der Waals surface area contributed by atoms with Crippen LogP contribution in [0.2, 0.25) is 0 Å². The maximum absolute atomic E-state index is 10.7. The molecule has 0 aromatic rings. The zero-order chi connectivity index (χ0) is 21.9. The zero-order valence-electron chi connectivity index (χ0n) is 20.5. The van der Waals surface area contributed by atoms with Gasteiger partial charge in [-0.3, -0.25) is 0 Å². The molecule has 0 spiro atoms. The first-order chi connectivity index (χ1) is 14.0. The average Bonchev–Trinajstić information content (AvgIpc) is 3.02. The number of aliphatic hydroxyl groups excluding tert-OH is 1. The summed E-state index contributed by atoms with van der Waals surface area (Å²) >= 11 is 0. The van der Waals surface area contributed by atoms with Gasteiger partial charge < -0.3 is 9.84 Å². The Kier molecular flexibility index (Phi) is 5.68. The fraction of sp³-hybridized carbons (Fsp3) is 0.786. The molecule has 2 heteroatoms. The predicted molar refractivity (Wildman–Crippen MR) is 125 cm³/mol. The lowest BCUT2D eigenvalue weighted by molar-refractivity contribution is -0.0909. The maximum Gasteiger partial charge on any atom is 0.0653 e. The molecule has 4 rings (SSSR count). The van der Waals surface area contributed by atoms with Gasteiger partial charge in [0.15, 0.2) is 0 Å². The third-order valence-corrected chi connectivity index (χ3v) is 9.85. The van der Waals surface area contributed by atoms with Gasteiger partial charge >= 0.3 is 0 Å². The molecule has 168 valence electrons. The van der Waals surface area contributed by atoms with Gasteiger partial charge in [-0.05, 0) is 105 Å². The number of ether oxygens (including phenoxy) is 1. The molecule has 6 unspecified atom stereocenters. The monoisotopic (exact) mass is 412 g/mol. The molecule has 6 atom stereocenters. The van der Waals surface area contributed by atoms with Crippen molar-refractivity contribution in [3.8, 4) is 0 Å². The summed E-state index contributed by atoms with van der Waals surface area (Å²) in [5.74, 6) is 1.18. The fourth-order valence-corrected chi connectivity index (χ4v) is 7.91. The summed E-state index contributed by atoms with van der Waals surface area (Å²) in [6, 6.07) is 0. The van der Waals surface area contributed by atoms with Crippen molar-refractivity contribution in [2.75, 3.05) is 6.61 Å². The van der Waals surface area contributed by atoms with Crippen LogP contribution in [0.5, 0.6) is 0 Å². The van der Waals surface area contributed by atoms with Gasteiger partial charge in [0.25, 0.3) is 0 Å². The summed E-state index contributed by atoms with van der Waals surface area (Å²) in [6.45, 7) is 17.0. The molecule has 4 aliphatic carbocycles. The van der Waals surface area contributed by atoms with Crippen LogP contribution >= 0.6 is 0 Å². The quantitative estimate of drug-likeness (QED) is 0.504. The number of fused-ring (bicyclic) bond motifs is 4. The largest absolute Gasteiger partial charge is 0.393 e. The lowest BCUT2D eigenvalue weighted by Crippen LogP contribution is -2.53. The highest BCUT2D eigenvalue weighted by Gasteiger charge is 2.57. The van der Waals surface area contributed by atoms with Crippen LogP contribution in [0.1, 0.15) is 93.4 Å². The molecule has 0 aromatic carbocycles. The van der Waals surface area contributed by atoms with E-state index in [1.54, 1.807) is 16.7 Å². The van der Waals surface area contributed by atoms with Crippen molar-refractivity contribution < 1.29 is 9.84 Å². The van der Waals surface area contributed by atoms with Gasteiger partial charge in [-0.1, -0.05) is 51.0 Å². The zero-order valence-corrected chi connectivity index (χ0v) is 20.5. The van der Waals surface area contributed by atoms with Gasteiger partial charge in [-0.25, -0.2) is 0 Å². The molecule has 1 N–H and O–H groups in total. The Bertz CT molecular complexity index is 780. The van der Waals surface area contributed by atoms with Crippen molar-refractivity contribution in [3.05, 3.63) is 34.4 Å². The summed E-state index contributed by atoms with van der Waals surface area (Å²) in [5.41, 5.74) is 6.99. The number of rotatable bonds is 4. The Morgan fingerprint density at radius 3 is 2.57 bits per heavy atom. The topological polar surface area (TPSA) is 29.5 Å². The molecule has 1 fully saturated rings. The first kappa shape index (κ1) is 22.3. The van der Waals surface area contributed by atoms with Crippen molar-refractivity contribution in [2.45, 2.75) is 106 Å². The van der Waals surface area contributed by atoms with Gasteiger partial charge in [0.05, 0.1) is 18.8 Å². The fourth-order valence-electron chi connectivity index (χ4n) is 7.91. The summed E-state index contributed by atoms with van der Waals surface area (Å²) in [4.78, 5) is 0. The first-order valence-corrected chi connectivity index (χ1v) is 12.4. The second-order valence-electron chi connectivity index (χ2n) is 12.0. The second kappa shape index (κ2) is 7.62. The van der Waals surface area contributed by atoms with Crippen LogP contribution in [0.3, 0.4) is 0 Å². The van der Waals surface area contributed by atoms with Gasteiger partial charge in [-0.2, -0.15) is 0 Å². The van der Waals surface area contributed by atoms with Crippen LogP contribution in [0.25, 0.3) is 0 Å². The van der Waals surface area contributed by atoms with E-state index in [1.807, 2.05) is 0 Å². The molecular weight excluding hydrogens is 368 g/mol. The van der Waals surface area contributed by atoms with E-state index in [0.29, 0.717) is 11.8 Å². The molecule has 0 amide bonds. The molecule has 0 bridgehead atoms. The number of hydrogen-bond donors (Lipinski definition) is 1. The second-order valence-corrected chi connectivity index (χ2v) is 12.0. The Morgan fingerprint density at radius 2 is 1.87 bits per heavy atom. The minimum absolute atomic E-state index is 0.0200. The van der Waals surface area contributed by atoms with Crippen LogP contribution in [0, 0.1) is 28.1 Å². The summed E-state index contributed by atoms with van der Waals surface area (Å²) in [6.07, 6.45) is 13.1. The van der Waals surface area contributed by atoms with E-state index in [0.717, 1.165) is 25.9 Å². The smallest absolute Gasteiger partial charge is 0.0653 e. The summed E-state index contributed by atoms with van der Waals surface area (Å²) in [7, 11) is 0. The van der Waals surface area contributed by atoms with Crippen molar-refractivity contribution in [3.63, 3.8) is 0 Å². The molecule has 0 aliphatic heterocycles. The van der Waals surface area contributed by atoms with E-state index in [2.05, 4.69) is 60.6 Å². The van der Waals surface area contributed by atoms with E-state index >= 15 is 0 Å². The maximum atomic E-state index is 10.7. The van der Waals surface area contributed by atoms with E-state index in [9.17, 15) is 5.11 Å². The summed E-state index contributed by atoms with van der Waals surface area (Å²) in [5, 5.41) is 10.7. The number of aliphatic hydroxyl groups is 1. The lowest BCUT2D eigenvalue weighted by atomic mass is 9.46. The Morgan fingerprint density at radius 1 is 1.13 bits per heavy atom. The average molecular weight is 413 g/mol. The van der Waals surface area contributed by atoms with Crippen LogP contribution in [0.4, 0.5) is 0 Å². The molecule has 0 heterocycles. The number of allylic oxidation sites excluding steroid dienone is 5. The number of hydrogen-bond acceptors (Lipinski definition) is 2. The van der Waals surface area contributed by atoms with Crippen molar-refractivity contribution in [1.82, 2.24) is 0 Å². The molecule has 0 radical (unpaired) electrons. The molecule has 2 nitrogen and oxygen atoms in total. The lowest BCUT2D eigenvalue weighted by Gasteiger charge is -2.59. The van der Waals surface area contributed by atoms with Crippen molar-refractivity contribution in [1.29, 1.82) is 0 Å². The molecule has 1 saturated carbocycles. The summed E-state index contributed by atoms with van der Waals surface area (Å²) < 4.78 is 6.28. The van der Waals surface area contributed by atoms with Crippen LogP contribution in [-0.2, 0) is 4.74 Å². The SMILES string of the molecule is CC(C)=CCOC(C)C1CC=C2C3=C(CCC21C)C1(C)CCC(O)C(C)(C)C1CC3. The molecule has 0 saturated heterocycles. The highest BCUT2D eigenvalue weighted by molar-refractivity contribution is 5.50. The normalized spacial score (nSPS) is 40.8. The highest BCUT2D eigenvalue weighted by atomic mass is 16.5. The highest BCUT2D eigenvalue weighted by Crippen LogP contribution is 2.66. The van der Waals surface area contributed by atoms with E-state index in [-0.39, 0.29) is 28.5 Å². The molecule has 4 aliphatic rings. The molecular formula is C28H44O2. The van der Waals surface area contributed by atoms with Crippen LogP contribution in [0.15, 0.2) is 34.4 Å². The third kappa shape index (κ3) is 3.28. The van der Waals surface area contributed by atoms with Gasteiger partial charge in [0.2, 0.25) is 0 Å². The van der Waals surface area contributed by atoms with Gasteiger partial charge in [-0.15, -0.1) is 0 Å². The molecule has 0 aromatic heterocycles. The Balaban J connectivity index is 1.60. The van der Waals surface area contributed by atoms with Gasteiger partial charge in [0, 0.05) is 0 Å². The Labute approximate surface area is 184 Å². The van der Waals surface area contributed by atoms with Crippen molar-refractivity contribution in [2.24, 2.45) is 28.1 Å². The van der Waals surface area contributed by atoms with Crippen LogP contribution in [-0.4, -0.2) is 23.9 Å². The minimum atomic E-state index is -0.152. The van der Waals surface area contributed by atoms with E-state index < -0.39 is 0 Å². The standard InChI is InChI=1S/C28H44O2/c1-18(2)14-17-30-19(3)21-9-10-22-20-8-11-24-26(4,5)25(29)13-16-28(24,7)23(20)12-15-27(21,22)6/h10,14,19,21,24-25,29H,8-9,11-13,15-17H2,1-7H3. The predicted octanol–water partition coefficient (Wildman–Crippen LogP) is 7.00. The minimum Gasteiger partial charge on any atom is -0.393 e. The van der Waals surface area contributed by atoms with Gasteiger partial charge in [0.1, 0.15) is 0 Å². The van der Waals surface area contributed by atoms with Crippen LogP contribution < -0.4 is 0 Å². The van der Waals surface area contributed by atoms with E-state index in [1.165, 1.54) is 31.3 Å². The third-order valence-electron chi connectivity index (χ3n) is 9.85. The van der Waals surface area contributed by atoms with E-state index in [4.69, 9.17) is 4.74 Å².